The minimum Gasteiger partial charge on any atom is -0.488 e. The van der Waals surface area contributed by atoms with Crippen LogP contribution in [-0.4, -0.2) is 23.1 Å². The number of ether oxygens (including phenoxy) is 1. The van der Waals surface area contributed by atoms with Gasteiger partial charge in [0.05, 0.1) is 6.10 Å². The third kappa shape index (κ3) is 1.94. The van der Waals surface area contributed by atoms with E-state index >= 15 is 0 Å². The van der Waals surface area contributed by atoms with Crippen LogP contribution in [0.4, 0.5) is 0 Å². The van der Waals surface area contributed by atoms with E-state index in [1.54, 1.807) is 0 Å². The Morgan fingerprint density at radius 1 is 1.32 bits per heavy atom. The Balaban J connectivity index is 2.15. The van der Waals surface area contributed by atoms with Gasteiger partial charge in [-0.1, -0.05) is 13.8 Å². The Hall–Kier alpha value is -1.45. The summed E-state index contributed by atoms with van der Waals surface area (Å²) < 4.78 is 8.16. The minimum atomic E-state index is 0.00843. The van der Waals surface area contributed by atoms with Crippen molar-refractivity contribution in [3.63, 3.8) is 0 Å². The van der Waals surface area contributed by atoms with Crippen LogP contribution in [0.5, 0.6) is 5.75 Å². The highest BCUT2D eigenvalue weighted by Crippen LogP contribution is 2.45. The van der Waals surface area contributed by atoms with Crippen LogP contribution in [0.2, 0.25) is 0 Å². The van der Waals surface area contributed by atoms with E-state index in [0.717, 1.165) is 30.8 Å². The lowest BCUT2D eigenvalue weighted by molar-refractivity contribution is 0.0919. The molecular weight excluding hydrogens is 240 g/mol. The zero-order valence-electron chi connectivity index (χ0n) is 12.2. The van der Waals surface area contributed by atoms with Gasteiger partial charge in [-0.25, -0.2) is 0 Å². The molecule has 1 N–H and O–H groups in total. The monoisotopic (exact) mass is 262 g/mol. The Bertz CT molecular complexity index is 541. The maximum Gasteiger partial charge on any atom is 0.271 e. The summed E-state index contributed by atoms with van der Waals surface area (Å²) >= 11 is 0. The molecule has 0 unspecified atom stereocenters. The summed E-state index contributed by atoms with van der Waals surface area (Å²) in [7, 11) is 0. The number of nitrogens with zero attached hydrogens (tertiary/aromatic N) is 1. The highest BCUT2D eigenvalue weighted by molar-refractivity contribution is 5.97. The van der Waals surface area contributed by atoms with Crippen molar-refractivity contribution >= 4 is 5.91 Å². The van der Waals surface area contributed by atoms with E-state index in [1.165, 1.54) is 11.3 Å². The fraction of sp³-hybridized carbons (Fsp3) is 0.667. The van der Waals surface area contributed by atoms with Gasteiger partial charge in [-0.15, -0.1) is 0 Å². The molecule has 0 atom stereocenters. The number of hydrogen-bond donors (Lipinski definition) is 1. The van der Waals surface area contributed by atoms with Crippen LogP contribution >= 0.6 is 0 Å². The number of fused-ring (bicyclic) bond motifs is 3. The van der Waals surface area contributed by atoms with Crippen LogP contribution < -0.4 is 10.1 Å². The molecule has 0 aromatic carbocycles. The smallest absolute Gasteiger partial charge is 0.271 e. The van der Waals surface area contributed by atoms with Crippen molar-refractivity contribution in [1.29, 1.82) is 0 Å². The molecule has 2 aliphatic rings. The second-order valence-electron chi connectivity index (χ2n) is 6.69. The molecule has 0 radical (unpaired) electrons. The summed E-state index contributed by atoms with van der Waals surface area (Å²) in [5.41, 5.74) is 3.58. The molecule has 0 saturated heterocycles. The molecule has 0 fully saturated rings. The normalized spacial score (nSPS) is 20.2. The van der Waals surface area contributed by atoms with Gasteiger partial charge in [0.1, 0.15) is 5.69 Å². The van der Waals surface area contributed by atoms with Crippen molar-refractivity contribution in [2.45, 2.75) is 53.2 Å². The zero-order chi connectivity index (χ0) is 13.8. The zero-order valence-corrected chi connectivity index (χ0v) is 12.2. The van der Waals surface area contributed by atoms with Gasteiger partial charge in [-0.05, 0) is 32.1 Å². The topological polar surface area (TPSA) is 43.3 Å². The summed E-state index contributed by atoms with van der Waals surface area (Å²) in [5, 5.41) is 2.92. The van der Waals surface area contributed by atoms with Crippen LogP contribution in [0.3, 0.4) is 0 Å². The number of amides is 1. The first-order valence-corrected chi connectivity index (χ1v) is 7.08. The molecule has 1 aromatic heterocycles. The van der Waals surface area contributed by atoms with Crippen LogP contribution in [-0.2, 0) is 19.4 Å². The second-order valence-corrected chi connectivity index (χ2v) is 6.69. The lowest BCUT2D eigenvalue weighted by atomic mass is 9.90. The molecule has 2 heterocycles. The number of nitrogens with one attached hydrogen (secondary N) is 1. The van der Waals surface area contributed by atoms with Crippen molar-refractivity contribution in [3.8, 4) is 5.75 Å². The first-order chi connectivity index (χ1) is 8.89. The van der Waals surface area contributed by atoms with Crippen molar-refractivity contribution in [2.24, 2.45) is 5.41 Å². The minimum absolute atomic E-state index is 0.00843. The van der Waals surface area contributed by atoms with Gasteiger partial charge < -0.3 is 14.6 Å². The third-order valence-electron chi connectivity index (χ3n) is 3.92. The molecule has 3 rings (SSSR count). The Kier molecular flexibility index (Phi) is 2.66. The number of rotatable bonds is 2. The average molecular weight is 262 g/mol. The van der Waals surface area contributed by atoms with Crippen LogP contribution in [0, 0.1) is 5.41 Å². The molecule has 0 bridgehead atoms. The van der Waals surface area contributed by atoms with Gasteiger partial charge in [0.15, 0.2) is 5.75 Å². The lowest BCUT2D eigenvalue weighted by Crippen LogP contribution is -2.36. The molecule has 1 amide bonds. The largest absolute Gasteiger partial charge is 0.488 e. The van der Waals surface area contributed by atoms with Gasteiger partial charge in [-0.2, -0.15) is 0 Å². The summed E-state index contributed by atoms with van der Waals surface area (Å²) in [6.07, 6.45) is 2.12. The van der Waals surface area contributed by atoms with Crippen molar-refractivity contribution < 1.29 is 9.53 Å². The van der Waals surface area contributed by atoms with E-state index in [0.29, 0.717) is 6.54 Å². The molecule has 1 aliphatic heterocycles. The summed E-state index contributed by atoms with van der Waals surface area (Å²) in [4.78, 5) is 12.1. The van der Waals surface area contributed by atoms with E-state index in [4.69, 9.17) is 4.74 Å². The summed E-state index contributed by atoms with van der Waals surface area (Å²) in [5.74, 6) is 0.835. The van der Waals surface area contributed by atoms with E-state index in [2.05, 4.69) is 23.7 Å². The first-order valence-electron chi connectivity index (χ1n) is 7.08. The molecule has 4 nitrogen and oxygen atoms in total. The molecular formula is C15H22N2O2. The molecule has 4 heteroatoms. The maximum absolute atomic E-state index is 12.1. The fourth-order valence-corrected chi connectivity index (χ4v) is 3.27. The van der Waals surface area contributed by atoms with Crippen molar-refractivity contribution in [1.82, 2.24) is 9.88 Å². The van der Waals surface area contributed by atoms with Gasteiger partial charge in [0.2, 0.25) is 0 Å². The van der Waals surface area contributed by atoms with E-state index in [1.807, 2.05) is 13.8 Å². The summed E-state index contributed by atoms with van der Waals surface area (Å²) in [6.45, 7) is 10.2. The van der Waals surface area contributed by atoms with E-state index in [9.17, 15) is 4.79 Å². The average Bonchev–Trinajstić information content (AvgIpc) is 2.73. The maximum atomic E-state index is 12.1. The number of aromatic nitrogens is 1. The molecule has 1 aromatic rings. The molecule has 19 heavy (non-hydrogen) atoms. The Labute approximate surface area is 114 Å². The van der Waals surface area contributed by atoms with E-state index in [-0.39, 0.29) is 17.4 Å². The van der Waals surface area contributed by atoms with Gasteiger partial charge in [0, 0.05) is 24.3 Å². The van der Waals surface area contributed by atoms with Crippen LogP contribution in [0.1, 0.15) is 49.4 Å². The molecule has 104 valence electrons. The number of carbonyl (C=O) groups excluding carboxylic acids is 1. The Morgan fingerprint density at radius 3 is 2.74 bits per heavy atom. The molecule has 0 saturated carbocycles. The predicted molar refractivity (Wildman–Crippen MR) is 73.7 cm³/mol. The molecule has 0 spiro atoms. The number of hydrogen-bond acceptors (Lipinski definition) is 2. The van der Waals surface area contributed by atoms with E-state index < -0.39 is 0 Å². The molecule has 1 aliphatic carbocycles. The van der Waals surface area contributed by atoms with Crippen LogP contribution in [0.15, 0.2) is 0 Å². The highest BCUT2D eigenvalue weighted by Gasteiger charge is 2.39. The Morgan fingerprint density at radius 2 is 2.05 bits per heavy atom. The first kappa shape index (κ1) is 12.6. The predicted octanol–water partition coefficient (Wildman–Crippen LogP) is 2.14. The van der Waals surface area contributed by atoms with Crippen LogP contribution in [0.25, 0.3) is 0 Å². The second kappa shape index (κ2) is 4.02. The SMILES string of the molecule is CC(C)Oc1c2c(n3c1C(=O)NCC3)CC(C)(C)C2. The number of carbonyl (C=O) groups is 1. The third-order valence-corrected chi connectivity index (χ3v) is 3.92. The lowest BCUT2D eigenvalue weighted by Gasteiger charge is -2.23. The van der Waals surface area contributed by atoms with Gasteiger partial charge >= 0.3 is 0 Å². The van der Waals surface area contributed by atoms with Gasteiger partial charge in [0.25, 0.3) is 5.91 Å². The van der Waals surface area contributed by atoms with Crippen molar-refractivity contribution in [3.05, 3.63) is 17.0 Å². The standard InChI is InChI=1S/C15H22N2O2/c1-9(2)19-13-10-7-15(3,4)8-11(10)17-6-5-16-14(18)12(13)17/h9H,5-8H2,1-4H3,(H,16,18). The highest BCUT2D eigenvalue weighted by atomic mass is 16.5. The quantitative estimate of drug-likeness (QED) is 0.887. The van der Waals surface area contributed by atoms with Crippen molar-refractivity contribution in [2.75, 3.05) is 6.54 Å². The van der Waals surface area contributed by atoms with Gasteiger partial charge in [-0.3, -0.25) is 4.79 Å². The fourth-order valence-electron chi connectivity index (χ4n) is 3.27. The summed E-state index contributed by atoms with van der Waals surface area (Å²) in [6, 6.07) is 0.